The van der Waals surface area contributed by atoms with Crippen LogP contribution in [0, 0.1) is 6.92 Å². The third-order valence-corrected chi connectivity index (χ3v) is 6.03. The molecular formula is C18H15KN3NaO7S2. The van der Waals surface area contributed by atoms with Crippen molar-refractivity contribution in [1.29, 1.82) is 0 Å². The van der Waals surface area contributed by atoms with Crippen LogP contribution in [-0.4, -0.2) is 33.1 Å². The first kappa shape index (κ1) is 29.6. The Bertz CT molecular complexity index is 1410. The van der Waals surface area contributed by atoms with E-state index in [4.69, 9.17) is 10.5 Å². The summed E-state index contributed by atoms with van der Waals surface area (Å²) >= 11 is 0. The first-order valence-corrected chi connectivity index (χ1v) is 11.1. The number of nitrogens with two attached hydrogens (primary N) is 1. The Morgan fingerprint density at radius 1 is 0.906 bits per heavy atom. The van der Waals surface area contributed by atoms with Crippen molar-refractivity contribution in [3.8, 4) is 5.75 Å². The van der Waals surface area contributed by atoms with Crippen molar-refractivity contribution >= 4 is 48.1 Å². The summed E-state index contributed by atoms with van der Waals surface area (Å²) in [5.74, 6) is 0.343. The van der Waals surface area contributed by atoms with Crippen LogP contribution in [0.15, 0.2) is 62.5 Å². The average Bonchev–Trinajstić information content (AvgIpc) is 2.64. The molecule has 0 atom stereocenters. The standard InChI is InChI=1S/C18H17N3O7S2.K.Na/c1-10-6-14(19)16(28-2)9-15(10)21-20-11-7-13-12(18(8-11)30(25,26)27)4-3-5-17(13)29(22,23)24;;/h3-9H,19H2,1-2H3,(H,22,23,24)(H,25,26,27);;/q;2*+1/p-2. The van der Waals surface area contributed by atoms with Crippen LogP contribution in [0.25, 0.3) is 10.8 Å². The molecule has 0 aliphatic rings. The van der Waals surface area contributed by atoms with E-state index < -0.39 is 30.0 Å². The first-order chi connectivity index (χ1) is 13.9. The van der Waals surface area contributed by atoms with Gasteiger partial charge in [-0.2, -0.15) is 10.2 Å². The summed E-state index contributed by atoms with van der Waals surface area (Å²) in [4.78, 5) is -1.39. The van der Waals surface area contributed by atoms with Gasteiger partial charge in [0.2, 0.25) is 0 Å². The van der Waals surface area contributed by atoms with Crippen molar-refractivity contribution in [2.45, 2.75) is 16.7 Å². The number of rotatable bonds is 5. The predicted molar refractivity (Wildman–Crippen MR) is 106 cm³/mol. The van der Waals surface area contributed by atoms with Gasteiger partial charge in [0.05, 0.1) is 34.0 Å². The van der Waals surface area contributed by atoms with E-state index in [1.807, 2.05) is 0 Å². The number of ether oxygens (including phenoxy) is 1. The molecule has 0 fully saturated rings. The molecule has 0 heterocycles. The van der Waals surface area contributed by atoms with E-state index in [9.17, 15) is 25.9 Å². The molecule has 14 heteroatoms. The second-order valence-electron chi connectivity index (χ2n) is 6.28. The number of hydrogen-bond acceptors (Lipinski definition) is 10. The van der Waals surface area contributed by atoms with E-state index in [1.54, 1.807) is 13.0 Å². The van der Waals surface area contributed by atoms with Crippen LogP contribution >= 0.6 is 0 Å². The number of hydrogen-bond donors (Lipinski definition) is 1. The minimum Gasteiger partial charge on any atom is -0.744 e. The molecule has 158 valence electrons. The Balaban J connectivity index is 0.00000256. The molecule has 3 rings (SSSR count). The van der Waals surface area contributed by atoms with E-state index in [2.05, 4.69) is 10.2 Å². The number of benzene rings is 3. The number of aryl methyl sites for hydroxylation is 1. The molecular weight excluding hydrogens is 496 g/mol. The van der Waals surface area contributed by atoms with Gasteiger partial charge in [0.25, 0.3) is 0 Å². The van der Waals surface area contributed by atoms with Crippen LogP contribution in [0.2, 0.25) is 0 Å². The normalized spacial score (nSPS) is 11.8. The number of methoxy groups -OCH3 is 1. The van der Waals surface area contributed by atoms with Gasteiger partial charge in [-0.25, -0.2) is 16.8 Å². The number of anilines is 1. The van der Waals surface area contributed by atoms with E-state index in [-0.39, 0.29) is 97.4 Å². The van der Waals surface area contributed by atoms with Gasteiger partial charge in [-0.1, -0.05) is 12.1 Å². The Morgan fingerprint density at radius 3 is 2.09 bits per heavy atom. The van der Waals surface area contributed by atoms with Gasteiger partial charge in [0, 0.05) is 16.8 Å². The third kappa shape index (κ3) is 6.58. The molecule has 0 spiro atoms. The van der Waals surface area contributed by atoms with Crippen LogP contribution in [0.3, 0.4) is 0 Å². The van der Waals surface area contributed by atoms with Crippen LogP contribution in [0.5, 0.6) is 5.75 Å². The number of nitrogens with zero attached hydrogens (tertiary/aromatic N) is 2. The van der Waals surface area contributed by atoms with E-state index >= 15 is 0 Å². The Kier molecular flexibility index (Phi) is 10.5. The molecule has 0 bridgehead atoms. The van der Waals surface area contributed by atoms with Gasteiger partial charge < -0.3 is 19.6 Å². The van der Waals surface area contributed by atoms with Crippen molar-refractivity contribution in [3.05, 3.63) is 48.0 Å². The molecule has 2 N–H and O–H groups in total. The molecule has 0 aromatic heterocycles. The van der Waals surface area contributed by atoms with Gasteiger partial charge in [0.1, 0.15) is 26.0 Å². The number of nitrogen functional groups attached to an aromatic ring is 1. The summed E-state index contributed by atoms with van der Waals surface area (Å²) in [5.41, 5.74) is 7.03. The smallest absolute Gasteiger partial charge is 0.744 e. The first-order valence-electron chi connectivity index (χ1n) is 8.26. The van der Waals surface area contributed by atoms with Gasteiger partial charge in [-0.3, -0.25) is 0 Å². The number of azo groups is 1. The summed E-state index contributed by atoms with van der Waals surface area (Å²) in [7, 11) is -8.53. The van der Waals surface area contributed by atoms with Gasteiger partial charge in [-0.15, -0.1) is 0 Å². The second-order valence-corrected chi connectivity index (χ2v) is 8.98. The molecule has 3 aromatic rings. The summed E-state index contributed by atoms with van der Waals surface area (Å²) < 4.78 is 75.0. The number of fused-ring (bicyclic) bond motifs is 1. The molecule has 0 amide bonds. The van der Waals surface area contributed by atoms with Crippen LogP contribution < -0.4 is 91.4 Å². The van der Waals surface area contributed by atoms with Gasteiger partial charge >= 0.3 is 80.9 Å². The molecule has 0 unspecified atom stereocenters. The fourth-order valence-electron chi connectivity index (χ4n) is 2.89. The molecule has 0 aliphatic heterocycles. The maximum Gasteiger partial charge on any atom is 1.00 e. The summed E-state index contributed by atoms with van der Waals surface area (Å²) in [6, 6.07) is 8.65. The Hall–Kier alpha value is -0.424. The van der Waals surface area contributed by atoms with Crippen molar-refractivity contribution < 1.29 is 112 Å². The largest absolute Gasteiger partial charge is 1.00 e. The summed E-state index contributed by atoms with van der Waals surface area (Å²) in [5, 5.41) is 7.48. The molecule has 0 saturated heterocycles. The monoisotopic (exact) mass is 511 g/mol. The fourth-order valence-corrected chi connectivity index (χ4v) is 4.28. The van der Waals surface area contributed by atoms with E-state index in [1.165, 1.54) is 31.4 Å². The zero-order valence-corrected chi connectivity index (χ0v) is 24.4. The second kappa shape index (κ2) is 11.3. The molecule has 3 aromatic carbocycles. The maximum atomic E-state index is 11.7. The zero-order valence-electron chi connectivity index (χ0n) is 17.7. The van der Waals surface area contributed by atoms with Gasteiger partial charge in [-0.05, 0) is 36.8 Å². The molecule has 0 aliphatic carbocycles. The Morgan fingerprint density at radius 2 is 1.53 bits per heavy atom. The average molecular weight is 512 g/mol. The minimum atomic E-state index is -5.01. The fraction of sp³-hybridized carbons (Fsp3) is 0.111. The summed E-state index contributed by atoms with van der Waals surface area (Å²) in [6.45, 7) is 1.71. The van der Waals surface area contributed by atoms with Crippen LogP contribution in [0.4, 0.5) is 17.1 Å². The molecule has 0 radical (unpaired) electrons. The van der Waals surface area contributed by atoms with Crippen LogP contribution in [0.1, 0.15) is 5.56 Å². The van der Waals surface area contributed by atoms with Gasteiger partial charge in [0.15, 0.2) is 0 Å². The molecule has 0 saturated carbocycles. The predicted octanol–water partition coefficient (Wildman–Crippen LogP) is -3.03. The zero-order chi connectivity index (χ0) is 22.3. The maximum absolute atomic E-state index is 11.7. The van der Waals surface area contributed by atoms with Crippen molar-refractivity contribution in [1.82, 2.24) is 0 Å². The van der Waals surface area contributed by atoms with E-state index in [0.717, 1.165) is 12.1 Å². The van der Waals surface area contributed by atoms with E-state index in [0.29, 0.717) is 22.7 Å². The molecule has 32 heavy (non-hydrogen) atoms. The molecule has 10 nitrogen and oxygen atoms in total. The van der Waals surface area contributed by atoms with Crippen molar-refractivity contribution in [3.63, 3.8) is 0 Å². The third-order valence-electron chi connectivity index (χ3n) is 4.26. The van der Waals surface area contributed by atoms with Crippen LogP contribution in [-0.2, 0) is 20.2 Å². The van der Waals surface area contributed by atoms with Crippen molar-refractivity contribution in [2.24, 2.45) is 10.2 Å². The minimum absolute atomic E-state index is 0. The Labute approximate surface area is 249 Å². The quantitative estimate of drug-likeness (QED) is 0.163. The van der Waals surface area contributed by atoms with Crippen molar-refractivity contribution in [2.75, 3.05) is 12.8 Å². The summed E-state index contributed by atoms with van der Waals surface area (Å²) in [6.07, 6.45) is 0. The SMILES string of the molecule is COc1cc(N=Nc2cc(S(=O)(=O)[O-])c3cccc(S(=O)(=O)[O-])c3c2)c(C)cc1N.[K+].[Na+]. The topological polar surface area (TPSA) is 174 Å².